The van der Waals surface area contributed by atoms with Crippen molar-refractivity contribution in [3.8, 4) is 0 Å². The summed E-state index contributed by atoms with van der Waals surface area (Å²) in [5.74, 6) is 2.59. The normalized spacial score (nSPS) is 33.1. The Bertz CT molecular complexity index is 626. The lowest BCUT2D eigenvalue weighted by atomic mass is 9.92. The summed E-state index contributed by atoms with van der Waals surface area (Å²) in [6, 6.07) is 0.106. The van der Waals surface area contributed by atoms with Crippen molar-refractivity contribution in [1.29, 1.82) is 0 Å². The maximum absolute atomic E-state index is 13.0. The van der Waals surface area contributed by atoms with Crippen LogP contribution >= 0.6 is 11.8 Å². The van der Waals surface area contributed by atoms with E-state index in [0.29, 0.717) is 17.7 Å². The van der Waals surface area contributed by atoms with E-state index in [-0.39, 0.29) is 12.0 Å². The number of thioether (sulfide) groups is 1. The van der Waals surface area contributed by atoms with Gasteiger partial charge < -0.3 is 9.47 Å². The zero-order valence-electron chi connectivity index (χ0n) is 13.1. The van der Waals surface area contributed by atoms with E-state index in [4.69, 9.17) is 0 Å². The molecule has 22 heavy (non-hydrogen) atoms. The van der Waals surface area contributed by atoms with Gasteiger partial charge in [-0.15, -0.1) is 10.2 Å². The van der Waals surface area contributed by atoms with Gasteiger partial charge in [0.1, 0.15) is 0 Å². The number of hydrogen-bond donors (Lipinski definition) is 0. The lowest BCUT2D eigenvalue weighted by molar-refractivity contribution is -0.137. The Morgan fingerprint density at radius 3 is 2.82 bits per heavy atom. The SMILES string of the molecule is CSc1nnc([C@@H]2CCCN2C(=O)[C@@H]2C[C@@H]3C=C[C@H]2C3)n1C. The van der Waals surface area contributed by atoms with E-state index in [2.05, 4.69) is 27.2 Å². The molecule has 2 bridgehead atoms. The van der Waals surface area contributed by atoms with E-state index in [1.54, 1.807) is 11.8 Å². The number of rotatable bonds is 3. The molecule has 2 aliphatic carbocycles. The molecule has 2 fully saturated rings. The summed E-state index contributed by atoms with van der Waals surface area (Å²) >= 11 is 1.60. The first-order valence-electron chi connectivity index (χ1n) is 8.11. The number of amides is 1. The average molecular weight is 318 g/mol. The largest absolute Gasteiger partial charge is 0.332 e. The Labute approximate surface area is 135 Å². The van der Waals surface area contributed by atoms with Crippen LogP contribution in [0.5, 0.6) is 0 Å². The van der Waals surface area contributed by atoms with Crippen LogP contribution in [0.15, 0.2) is 17.3 Å². The zero-order chi connectivity index (χ0) is 15.3. The van der Waals surface area contributed by atoms with Gasteiger partial charge in [0.05, 0.1) is 6.04 Å². The Balaban J connectivity index is 1.57. The van der Waals surface area contributed by atoms with Crippen LogP contribution in [-0.2, 0) is 11.8 Å². The number of carbonyl (C=O) groups is 1. The Kier molecular flexibility index (Phi) is 3.51. The van der Waals surface area contributed by atoms with Crippen LogP contribution in [0.4, 0.5) is 0 Å². The van der Waals surface area contributed by atoms with Crippen LogP contribution in [0, 0.1) is 17.8 Å². The summed E-state index contributed by atoms with van der Waals surface area (Å²) in [7, 11) is 2.00. The molecule has 1 saturated carbocycles. The summed E-state index contributed by atoms with van der Waals surface area (Å²) in [6.45, 7) is 0.864. The fourth-order valence-electron chi connectivity index (χ4n) is 4.37. The maximum atomic E-state index is 13.0. The second-order valence-corrected chi connectivity index (χ2v) is 7.45. The van der Waals surface area contributed by atoms with Crippen LogP contribution < -0.4 is 0 Å². The molecule has 1 aromatic heterocycles. The number of carbonyl (C=O) groups excluding carboxylic acids is 1. The first kappa shape index (κ1) is 14.3. The van der Waals surface area contributed by atoms with E-state index in [0.717, 1.165) is 36.8 Å². The third-order valence-corrected chi connectivity index (χ3v) is 6.20. The second-order valence-electron chi connectivity index (χ2n) is 6.68. The minimum Gasteiger partial charge on any atom is -0.332 e. The van der Waals surface area contributed by atoms with Crippen molar-refractivity contribution < 1.29 is 4.79 Å². The summed E-state index contributed by atoms with van der Waals surface area (Å²) < 4.78 is 2.04. The van der Waals surface area contributed by atoms with Gasteiger partial charge in [-0.2, -0.15) is 0 Å². The van der Waals surface area contributed by atoms with Crippen LogP contribution in [0.1, 0.15) is 37.5 Å². The van der Waals surface area contributed by atoms with Gasteiger partial charge in [-0.05, 0) is 43.8 Å². The highest BCUT2D eigenvalue weighted by Crippen LogP contribution is 2.45. The smallest absolute Gasteiger partial charge is 0.226 e. The molecule has 1 aliphatic heterocycles. The number of likely N-dealkylation sites (tertiary alicyclic amines) is 1. The van der Waals surface area contributed by atoms with Gasteiger partial charge in [0.15, 0.2) is 11.0 Å². The molecule has 0 spiro atoms. The lowest BCUT2D eigenvalue weighted by Gasteiger charge is -2.29. The second kappa shape index (κ2) is 5.41. The summed E-state index contributed by atoms with van der Waals surface area (Å²) in [5, 5.41) is 9.51. The number of nitrogens with zero attached hydrogens (tertiary/aromatic N) is 4. The predicted octanol–water partition coefficient (Wildman–Crippen LogP) is 2.41. The van der Waals surface area contributed by atoms with E-state index in [1.165, 1.54) is 6.42 Å². The van der Waals surface area contributed by atoms with Crippen molar-refractivity contribution in [2.24, 2.45) is 24.8 Å². The topological polar surface area (TPSA) is 51.0 Å². The van der Waals surface area contributed by atoms with E-state index >= 15 is 0 Å². The van der Waals surface area contributed by atoms with Gasteiger partial charge in [-0.1, -0.05) is 23.9 Å². The molecule has 2 heterocycles. The summed E-state index contributed by atoms with van der Waals surface area (Å²) in [4.78, 5) is 15.1. The molecule has 0 radical (unpaired) electrons. The fourth-order valence-corrected chi connectivity index (χ4v) is 4.86. The first-order chi connectivity index (χ1) is 10.7. The Morgan fingerprint density at radius 1 is 1.32 bits per heavy atom. The fraction of sp³-hybridized carbons (Fsp3) is 0.688. The van der Waals surface area contributed by atoms with Gasteiger partial charge in [-0.3, -0.25) is 4.79 Å². The lowest BCUT2D eigenvalue weighted by Crippen LogP contribution is -2.38. The molecule has 6 heteroatoms. The third kappa shape index (κ3) is 2.11. The van der Waals surface area contributed by atoms with E-state index < -0.39 is 0 Å². The number of hydrogen-bond acceptors (Lipinski definition) is 4. The van der Waals surface area contributed by atoms with E-state index in [9.17, 15) is 4.79 Å². The van der Waals surface area contributed by atoms with Crippen molar-refractivity contribution >= 4 is 17.7 Å². The van der Waals surface area contributed by atoms with Gasteiger partial charge in [0, 0.05) is 19.5 Å². The van der Waals surface area contributed by atoms with Gasteiger partial charge in [0.2, 0.25) is 5.91 Å². The molecule has 4 atom stereocenters. The van der Waals surface area contributed by atoms with Gasteiger partial charge in [-0.25, -0.2) is 0 Å². The molecule has 4 rings (SSSR count). The van der Waals surface area contributed by atoms with Crippen molar-refractivity contribution in [2.45, 2.75) is 36.9 Å². The molecule has 1 amide bonds. The Hall–Kier alpha value is -1.30. The van der Waals surface area contributed by atoms with Gasteiger partial charge in [0.25, 0.3) is 0 Å². The van der Waals surface area contributed by atoms with Gasteiger partial charge >= 0.3 is 0 Å². The molecular weight excluding hydrogens is 296 g/mol. The molecule has 1 saturated heterocycles. The van der Waals surface area contributed by atoms with Crippen LogP contribution in [-0.4, -0.2) is 38.4 Å². The molecule has 0 N–H and O–H groups in total. The Morgan fingerprint density at radius 2 is 2.18 bits per heavy atom. The number of allylic oxidation sites excluding steroid dienone is 2. The summed E-state index contributed by atoms with van der Waals surface area (Å²) in [5.41, 5.74) is 0. The minimum absolute atomic E-state index is 0.106. The quantitative estimate of drug-likeness (QED) is 0.634. The minimum atomic E-state index is 0.106. The number of aromatic nitrogens is 3. The molecular formula is C16H22N4OS. The molecule has 1 aromatic rings. The zero-order valence-corrected chi connectivity index (χ0v) is 13.9. The predicted molar refractivity (Wildman–Crippen MR) is 85.3 cm³/mol. The molecule has 118 valence electrons. The number of fused-ring (bicyclic) bond motifs is 2. The first-order valence-corrected chi connectivity index (χ1v) is 9.33. The highest BCUT2D eigenvalue weighted by molar-refractivity contribution is 7.98. The van der Waals surface area contributed by atoms with Crippen molar-refractivity contribution in [3.63, 3.8) is 0 Å². The van der Waals surface area contributed by atoms with Crippen molar-refractivity contribution in [1.82, 2.24) is 19.7 Å². The van der Waals surface area contributed by atoms with E-state index in [1.807, 2.05) is 17.9 Å². The van der Waals surface area contributed by atoms with Crippen LogP contribution in [0.25, 0.3) is 0 Å². The van der Waals surface area contributed by atoms with Crippen LogP contribution in [0.3, 0.4) is 0 Å². The molecule has 0 unspecified atom stereocenters. The molecule has 0 aromatic carbocycles. The monoisotopic (exact) mass is 318 g/mol. The average Bonchev–Trinajstić information content (AvgIpc) is 3.29. The third-order valence-electron chi connectivity index (χ3n) is 5.48. The maximum Gasteiger partial charge on any atom is 0.226 e. The van der Waals surface area contributed by atoms with Crippen molar-refractivity contribution in [3.05, 3.63) is 18.0 Å². The van der Waals surface area contributed by atoms with Crippen molar-refractivity contribution in [2.75, 3.05) is 12.8 Å². The molecule has 5 nitrogen and oxygen atoms in total. The molecule has 3 aliphatic rings. The highest BCUT2D eigenvalue weighted by atomic mass is 32.2. The highest BCUT2D eigenvalue weighted by Gasteiger charge is 2.44. The summed E-state index contributed by atoms with van der Waals surface area (Å²) in [6.07, 6.45) is 10.8. The van der Waals surface area contributed by atoms with Crippen LogP contribution in [0.2, 0.25) is 0 Å². The standard InChI is InChI=1S/C16H22N4OS/c1-19-14(17-18-16(19)22-2)13-4-3-7-20(13)15(21)12-9-10-5-6-11(12)8-10/h5-6,10-13H,3-4,7-9H2,1-2H3/t10-,11+,12-,13+/m1/s1.